The highest BCUT2D eigenvalue weighted by Gasteiger charge is 2.46. The smallest absolute Gasteiger partial charge is 0.407 e. The molecule has 6 atom stereocenters. The van der Waals surface area contributed by atoms with Crippen molar-refractivity contribution >= 4 is 36.3 Å². The Bertz CT molecular complexity index is 2140. The van der Waals surface area contributed by atoms with Crippen LogP contribution in [0.25, 0.3) is 0 Å². The molecule has 2 aromatic rings. The summed E-state index contributed by atoms with van der Waals surface area (Å²) in [5, 5.41) is 32.1. The second-order valence-electron chi connectivity index (χ2n) is 17.9. The van der Waals surface area contributed by atoms with E-state index in [4.69, 9.17) is 15.6 Å². The fourth-order valence-corrected chi connectivity index (χ4v) is 8.59. The number of rotatable bonds is 15. The van der Waals surface area contributed by atoms with E-state index < -0.39 is 83.8 Å². The fraction of sp³-hybridized carbons (Fsp3) is 0.556. The number of likely N-dealkylation sites (tertiary alicyclic amines) is 3. The molecule has 4 amide bonds. The van der Waals surface area contributed by atoms with Gasteiger partial charge in [-0.05, 0) is 75.6 Å². The summed E-state index contributed by atoms with van der Waals surface area (Å²) in [7, 11) is 0. The molecule has 4 saturated heterocycles. The minimum Gasteiger partial charge on any atom is -0.478 e. The van der Waals surface area contributed by atoms with Gasteiger partial charge in [0.05, 0.1) is 31.2 Å². The maximum Gasteiger partial charge on any atom is 0.407 e. The average molecular weight is 973 g/mol. The van der Waals surface area contributed by atoms with Crippen molar-refractivity contribution in [1.82, 2.24) is 25.3 Å². The van der Waals surface area contributed by atoms with Crippen molar-refractivity contribution in [2.75, 3.05) is 52.5 Å². The lowest BCUT2D eigenvalue weighted by molar-refractivity contribution is -0.139. The van der Waals surface area contributed by atoms with E-state index in [0.717, 1.165) is 44.3 Å². The summed E-state index contributed by atoms with van der Waals surface area (Å²) in [4.78, 5) is 74.2. The highest BCUT2D eigenvalue weighted by molar-refractivity contribution is 5.81. The van der Waals surface area contributed by atoms with Crippen molar-refractivity contribution in [3.05, 3.63) is 82.6 Å². The molecule has 0 bridgehead atoms. The largest absolute Gasteiger partial charge is 0.478 e. The average Bonchev–Trinajstić information content (AvgIpc) is 4.05. The van der Waals surface area contributed by atoms with E-state index in [1.807, 2.05) is 0 Å². The van der Waals surface area contributed by atoms with E-state index in [1.165, 1.54) is 0 Å². The maximum absolute atomic E-state index is 14.2. The molecule has 0 aliphatic carbocycles. The van der Waals surface area contributed by atoms with E-state index >= 15 is 0 Å². The molecule has 7 N–H and O–H groups in total. The van der Waals surface area contributed by atoms with Crippen LogP contribution in [-0.2, 0) is 46.3 Å². The molecular formula is C45H58F6N6O11. The molecule has 4 aliphatic rings. The number of hydrogen-bond acceptors (Lipinski definition) is 12. The summed E-state index contributed by atoms with van der Waals surface area (Å²) in [6.07, 6.45) is 1.90. The van der Waals surface area contributed by atoms with Gasteiger partial charge in [0.1, 0.15) is 23.5 Å². The van der Waals surface area contributed by atoms with Crippen molar-refractivity contribution < 1.29 is 79.9 Å². The number of nitrogens with one attached hydrogen (secondary N) is 2. The van der Waals surface area contributed by atoms with Gasteiger partial charge in [-0.2, -0.15) is 0 Å². The van der Waals surface area contributed by atoms with Crippen LogP contribution in [-0.4, -0.2) is 149 Å². The Hall–Kier alpha value is -5.78. The monoisotopic (exact) mass is 972 g/mol. The number of aliphatic hydroxyl groups excluding tert-OH is 2. The van der Waals surface area contributed by atoms with Gasteiger partial charge in [-0.25, -0.2) is 35.9 Å². The lowest BCUT2D eigenvalue weighted by Gasteiger charge is -2.27. The predicted octanol–water partition coefficient (Wildman–Crippen LogP) is 2.53. The van der Waals surface area contributed by atoms with Gasteiger partial charge >= 0.3 is 12.1 Å². The van der Waals surface area contributed by atoms with Crippen molar-refractivity contribution in [2.24, 2.45) is 23.5 Å². The van der Waals surface area contributed by atoms with E-state index in [2.05, 4.69) is 15.4 Å². The number of carbonyl (C=O) groups is 6. The van der Waals surface area contributed by atoms with Crippen LogP contribution in [0.2, 0.25) is 0 Å². The lowest BCUT2D eigenvalue weighted by atomic mass is 10.0. The Balaban J connectivity index is 0.000000256. The molecule has 0 radical (unpaired) electrons. The first-order chi connectivity index (χ1) is 32.0. The lowest BCUT2D eigenvalue weighted by Crippen LogP contribution is -2.46. The Morgan fingerprint density at radius 3 is 1.90 bits per heavy atom. The van der Waals surface area contributed by atoms with Gasteiger partial charge in [-0.15, -0.1) is 0 Å². The quantitative estimate of drug-likeness (QED) is 0.0495. The number of nitrogens with zero attached hydrogens (tertiary/aromatic N) is 3. The topological polar surface area (TPSA) is 241 Å². The first-order valence-corrected chi connectivity index (χ1v) is 21.9. The molecule has 0 aromatic heterocycles. The third-order valence-corrected chi connectivity index (χ3v) is 11.8. The third kappa shape index (κ3) is 15.6. The number of carboxylic acids is 1. The van der Waals surface area contributed by atoms with Gasteiger partial charge in [0.25, 0.3) is 6.47 Å². The van der Waals surface area contributed by atoms with Gasteiger partial charge in [0, 0.05) is 88.3 Å². The molecule has 4 fully saturated rings. The van der Waals surface area contributed by atoms with Gasteiger partial charge in [0.15, 0.2) is 23.3 Å². The zero-order chi connectivity index (χ0) is 50.5. The molecule has 4 heterocycles. The van der Waals surface area contributed by atoms with Crippen LogP contribution in [0.3, 0.4) is 0 Å². The van der Waals surface area contributed by atoms with Crippen LogP contribution >= 0.6 is 0 Å². The number of fused-ring (bicyclic) bond motifs is 2. The van der Waals surface area contributed by atoms with Crippen LogP contribution < -0.4 is 16.4 Å². The number of amides is 4. The van der Waals surface area contributed by atoms with Crippen molar-refractivity contribution in [3.8, 4) is 0 Å². The molecule has 2 aromatic carbocycles. The number of halogens is 6. The van der Waals surface area contributed by atoms with Crippen LogP contribution in [0.5, 0.6) is 0 Å². The Morgan fingerprint density at radius 1 is 0.794 bits per heavy atom. The molecule has 17 nitrogen and oxygen atoms in total. The molecule has 4 aliphatic heterocycles. The number of aliphatic hydroxyl groups is 2. The van der Waals surface area contributed by atoms with Gasteiger partial charge < -0.3 is 55.9 Å². The molecule has 0 unspecified atom stereocenters. The van der Waals surface area contributed by atoms with Crippen LogP contribution in [0.4, 0.5) is 31.1 Å². The van der Waals surface area contributed by atoms with Gasteiger partial charge in [-0.1, -0.05) is 0 Å². The minimum atomic E-state index is -1.29. The molecule has 23 heteroatoms. The van der Waals surface area contributed by atoms with Crippen LogP contribution in [0.15, 0.2) is 36.6 Å². The van der Waals surface area contributed by atoms with Crippen molar-refractivity contribution in [3.63, 3.8) is 0 Å². The molecule has 68 heavy (non-hydrogen) atoms. The summed E-state index contributed by atoms with van der Waals surface area (Å²) in [6, 6.07) is 0.757. The third-order valence-electron chi connectivity index (χ3n) is 11.8. The van der Waals surface area contributed by atoms with Crippen molar-refractivity contribution in [1.29, 1.82) is 0 Å². The van der Waals surface area contributed by atoms with E-state index in [0.29, 0.717) is 50.3 Å². The highest BCUT2D eigenvalue weighted by atomic mass is 19.2. The number of aliphatic carboxylic acids is 1. The number of carbonyl (C=O) groups excluding carboxylic acids is 5. The minimum absolute atomic E-state index is 0.0918. The van der Waals surface area contributed by atoms with Crippen LogP contribution in [0, 0.1) is 52.7 Å². The van der Waals surface area contributed by atoms with Crippen LogP contribution in [0.1, 0.15) is 57.6 Å². The number of carboxylic acid groups (broad SMARTS) is 1. The molecule has 6 rings (SSSR count). The Morgan fingerprint density at radius 2 is 1.34 bits per heavy atom. The van der Waals surface area contributed by atoms with Gasteiger partial charge in [-0.3, -0.25) is 19.2 Å². The second kappa shape index (κ2) is 25.0. The normalized spacial score (nSPS) is 20.5. The zero-order valence-corrected chi connectivity index (χ0v) is 37.8. The number of hydrogen-bond donors (Lipinski definition) is 6. The fourth-order valence-electron chi connectivity index (χ4n) is 8.59. The number of alkyl carbamates (subject to hydrolysis) is 1. The second-order valence-corrected chi connectivity index (χ2v) is 17.9. The summed E-state index contributed by atoms with van der Waals surface area (Å²) >= 11 is 0. The first kappa shape index (κ1) is 54.8. The standard InChI is InChI=1S/C21H28F3N3O3.C20H26F3N3O4.C4H4O4/c1-21(2,3)30-20(29)26-14(6-13-7-16(23)17(24)9-15(13)22)8-19(28)27-5-4-12-10-25-11-18(12)27;21-15-6-17(23)16(22)4-12(15)3-14(24)5-19(29)26-2-1-11-7-25(8-18(11)26)20(30)13(9-27)10-28;5-3-8-2-1-4(6)7/h7,9,12,14,18,25H,4-6,8,10-11H2,1-3H3,(H,26,29);4,6,11,13-14,18,27-28H,1-3,5,7-10,24H2;1-3H,(H,6,7)/b;;2-1+/t12-,14+,18+;11-,14+,18+;/m00./s1. The molecule has 0 spiro atoms. The zero-order valence-electron chi connectivity index (χ0n) is 37.8. The predicted molar refractivity (Wildman–Crippen MR) is 229 cm³/mol. The Labute approximate surface area is 388 Å². The summed E-state index contributed by atoms with van der Waals surface area (Å²) in [6.45, 7) is 7.84. The van der Waals surface area contributed by atoms with E-state index in [1.54, 1.807) is 35.5 Å². The van der Waals surface area contributed by atoms with Crippen molar-refractivity contribution in [2.45, 2.75) is 89.1 Å². The number of nitrogens with two attached hydrogens (primary N) is 1. The van der Waals surface area contributed by atoms with E-state index in [-0.39, 0.29) is 79.0 Å². The highest BCUT2D eigenvalue weighted by Crippen LogP contribution is 2.33. The Kier molecular flexibility index (Phi) is 20.2. The number of ether oxygens (including phenoxy) is 2. The SMILES string of the molecule is CC(C)(C)OC(=O)N[C@@H](CC(=O)N1CC[C@H]2CNC[C@H]21)Cc1cc(F)c(F)cc1F.N[C@@H](CC(=O)N1CC[C@H]2CN(C(=O)C(CO)CO)C[C@H]21)Cc1cc(F)c(F)cc1F.O=CO/C=C/C(=O)O. The number of benzene rings is 2. The maximum atomic E-state index is 14.2. The molecular weight excluding hydrogens is 915 g/mol. The summed E-state index contributed by atoms with van der Waals surface area (Å²) in [5.41, 5.74) is 5.00. The molecule has 0 saturated carbocycles. The summed E-state index contributed by atoms with van der Waals surface area (Å²) in [5.74, 6) is -9.03. The molecule has 376 valence electrons. The first-order valence-electron chi connectivity index (χ1n) is 21.9. The van der Waals surface area contributed by atoms with E-state index in [9.17, 15) is 65.3 Å². The summed E-state index contributed by atoms with van der Waals surface area (Å²) < 4.78 is 90.4. The van der Waals surface area contributed by atoms with Gasteiger partial charge in [0.2, 0.25) is 17.7 Å².